The first-order valence-corrected chi connectivity index (χ1v) is 8.72. The molecule has 0 unspecified atom stereocenters. The SMILES string of the molecule is COc1ccc(C)cc1-c1csc(NC(=O)COc2ccc(F)cc2)n1. The summed E-state index contributed by atoms with van der Waals surface area (Å²) >= 11 is 1.32. The largest absolute Gasteiger partial charge is 0.496 e. The number of benzene rings is 2. The molecule has 7 heteroatoms. The number of aromatic nitrogens is 1. The molecule has 0 atom stereocenters. The summed E-state index contributed by atoms with van der Waals surface area (Å²) < 4.78 is 23.5. The van der Waals surface area contributed by atoms with Gasteiger partial charge in [-0.15, -0.1) is 11.3 Å². The summed E-state index contributed by atoms with van der Waals surface area (Å²) in [5.41, 5.74) is 2.68. The van der Waals surface area contributed by atoms with E-state index >= 15 is 0 Å². The topological polar surface area (TPSA) is 60.5 Å². The van der Waals surface area contributed by atoms with Gasteiger partial charge in [0.2, 0.25) is 0 Å². The number of rotatable bonds is 6. The zero-order chi connectivity index (χ0) is 18.5. The maximum absolute atomic E-state index is 12.8. The highest BCUT2D eigenvalue weighted by atomic mass is 32.1. The second-order valence-electron chi connectivity index (χ2n) is 5.53. The van der Waals surface area contributed by atoms with Gasteiger partial charge in [0.15, 0.2) is 11.7 Å². The molecule has 1 amide bonds. The van der Waals surface area contributed by atoms with E-state index in [4.69, 9.17) is 9.47 Å². The van der Waals surface area contributed by atoms with Crippen LogP contribution in [-0.4, -0.2) is 24.6 Å². The molecule has 3 aromatic rings. The number of thiazole rings is 1. The molecule has 134 valence electrons. The number of methoxy groups -OCH3 is 1. The van der Waals surface area contributed by atoms with Crippen LogP contribution in [0.3, 0.4) is 0 Å². The fraction of sp³-hybridized carbons (Fsp3) is 0.158. The zero-order valence-corrected chi connectivity index (χ0v) is 15.1. The van der Waals surface area contributed by atoms with Crippen molar-refractivity contribution in [2.24, 2.45) is 0 Å². The number of carbonyl (C=O) groups is 1. The molecule has 1 aromatic heterocycles. The van der Waals surface area contributed by atoms with E-state index in [1.807, 2.05) is 30.5 Å². The Kier molecular flexibility index (Phi) is 5.48. The maximum atomic E-state index is 12.8. The maximum Gasteiger partial charge on any atom is 0.264 e. The Bertz CT molecular complexity index is 909. The Morgan fingerprint density at radius 2 is 2.00 bits per heavy atom. The summed E-state index contributed by atoms with van der Waals surface area (Å²) in [5, 5.41) is 5.02. The number of carbonyl (C=O) groups excluding carboxylic acids is 1. The molecule has 0 bridgehead atoms. The molecule has 26 heavy (non-hydrogen) atoms. The van der Waals surface area contributed by atoms with Crippen LogP contribution in [-0.2, 0) is 4.79 Å². The summed E-state index contributed by atoms with van der Waals surface area (Å²) in [4.78, 5) is 16.4. The summed E-state index contributed by atoms with van der Waals surface area (Å²) in [5.74, 6) is 0.444. The fourth-order valence-electron chi connectivity index (χ4n) is 2.31. The number of aryl methyl sites for hydroxylation is 1. The number of hydrogen-bond acceptors (Lipinski definition) is 5. The Morgan fingerprint density at radius 3 is 2.73 bits per heavy atom. The van der Waals surface area contributed by atoms with Gasteiger partial charge in [0, 0.05) is 10.9 Å². The van der Waals surface area contributed by atoms with Gasteiger partial charge in [0.05, 0.1) is 12.8 Å². The number of anilines is 1. The molecule has 1 N–H and O–H groups in total. The van der Waals surface area contributed by atoms with Crippen molar-refractivity contribution in [1.29, 1.82) is 0 Å². The Morgan fingerprint density at radius 1 is 1.23 bits per heavy atom. The van der Waals surface area contributed by atoms with Crippen LogP contribution in [0, 0.1) is 12.7 Å². The molecule has 0 saturated carbocycles. The van der Waals surface area contributed by atoms with Crippen LogP contribution < -0.4 is 14.8 Å². The average Bonchev–Trinajstić information content (AvgIpc) is 3.09. The highest BCUT2D eigenvalue weighted by Gasteiger charge is 2.12. The van der Waals surface area contributed by atoms with E-state index in [0.717, 1.165) is 22.6 Å². The number of nitrogens with one attached hydrogen (secondary N) is 1. The van der Waals surface area contributed by atoms with Crippen molar-refractivity contribution in [3.63, 3.8) is 0 Å². The second-order valence-corrected chi connectivity index (χ2v) is 6.39. The van der Waals surface area contributed by atoms with Gasteiger partial charge in [-0.25, -0.2) is 9.37 Å². The number of hydrogen-bond donors (Lipinski definition) is 1. The molecule has 0 fully saturated rings. The number of amides is 1. The quantitative estimate of drug-likeness (QED) is 0.701. The minimum atomic E-state index is -0.358. The Balaban J connectivity index is 1.64. The summed E-state index contributed by atoms with van der Waals surface area (Å²) in [7, 11) is 1.61. The molecule has 3 rings (SSSR count). The second kappa shape index (κ2) is 7.97. The first-order valence-electron chi connectivity index (χ1n) is 7.84. The lowest BCUT2D eigenvalue weighted by molar-refractivity contribution is -0.118. The van der Waals surface area contributed by atoms with E-state index in [1.54, 1.807) is 7.11 Å². The molecule has 1 heterocycles. The predicted octanol–water partition coefficient (Wildman–Crippen LogP) is 4.28. The van der Waals surface area contributed by atoms with Crippen LogP contribution in [0.15, 0.2) is 47.8 Å². The molecule has 0 spiro atoms. The van der Waals surface area contributed by atoms with Crippen LogP contribution in [0.5, 0.6) is 11.5 Å². The first kappa shape index (κ1) is 17.9. The molecule has 2 aromatic carbocycles. The van der Waals surface area contributed by atoms with E-state index in [2.05, 4.69) is 10.3 Å². The molecule has 0 aliphatic heterocycles. The minimum Gasteiger partial charge on any atom is -0.496 e. The summed E-state index contributed by atoms with van der Waals surface area (Å²) in [6.45, 7) is 1.80. The van der Waals surface area contributed by atoms with E-state index in [-0.39, 0.29) is 18.3 Å². The van der Waals surface area contributed by atoms with E-state index in [0.29, 0.717) is 10.9 Å². The van der Waals surface area contributed by atoms with Crippen molar-refractivity contribution >= 4 is 22.4 Å². The van der Waals surface area contributed by atoms with Gasteiger partial charge in [0.1, 0.15) is 17.3 Å². The van der Waals surface area contributed by atoms with Crippen molar-refractivity contribution in [2.75, 3.05) is 19.0 Å². The Hall–Kier alpha value is -2.93. The zero-order valence-electron chi connectivity index (χ0n) is 14.3. The van der Waals surface area contributed by atoms with Crippen molar-refractivity contribution < 1.29 is 18.7 Å². The highest BCUT2D eigenvalue weighted by Crippen LogP contribution is 2.32. The third-order valence-corrected chi connectivity index (χ3v) is 4.32. The first-order chi connectivity index (χ1) is 12.5. The van der Waals surface area contributed by atoms with Gasteiger partial charge in [-0.2, -0.15) is 0 Å². The normalized spacial score (nSPS) is 10.4. The van der Waals surface area contributed by atoms with Gasteiger partial charge in [-0.05, 0) is 43.3 Å². The number of ether oxygens (including phenoxy) is 2. The fourth-order valence-corrected chi connectivity index (χ4v) is 3.04. The smallest absolute Gasteiger partial charge is 0.264 e. The molecule has 0 aliphatic carbocycles. The minimum absolute atomic E-state index is 0.186. The van der Waals surface area contributed by atoms with E-state index in [1.165, 1.54) is 35.6 Å². The standard InChI is InChI=1S/C19H17FN2O3S/c1-12-3-8-17(24-2)15(9-12)16-11-26-19(21-16)22-18(23)10-25-14-6-4-13(20)5-7-14/h3-9,11H,10H2,1-2H3,(H,21,22,23). The van der Waals surface area contributed by atoms with Gasteiger partial charge in [-0.3, -0.25) is 10.1 Å². The van der Waals surface area contributed by atoms with Crippen LogP contribution in [0.25, 0.3) is 11.3 Å². The van der Waals surface area contributed by atoms with Gasteiger partial charge in [0.25, 0.3) is 5.91 Å². The van der Waals surface area contributed by atoms with Crippen LogP contribution >= 0.6 is 11.3 Å². The van der Waals surface area contributed by atoms with Crippen molar-refractivity contribution in [1.82, 2.24) is 4.98 Å². The molecular weight excluding hydrogens is 355 g/mol. The number of nitrogens with zero attached hydrogens (tertiary/aromatic N) is 1. The predicted molar refractivity (Wildman–Crippen MR) is 99.4 cm³/mol. The molecule has 0 aliphatic rings. The van der Waals surface area contributed by atoms with E-state index in [9.17, 15) is 9.18 Å². The van der Waals surface area contributed by atoms with Gasteiger partial charge in [-0.1, -0.05) is 11.6 Å². The molecule has 0 radical (unpaired) electrons. The number of halogens is 1. The lowest BCUT2D eigenvalue weighted by Crippen LogP contribution is -2.20. The third kappa shape index (κ3) is 4.37. The van der Waals surface area contributed by atoms with Crippen LogP contribution in [0.1, 0.15) is 5.56 Å². The van der Waals surface area contributed by atoms with Crippen LogP contribution in [0.2, 0.25) is 0 Å². The molecule has 0 saturated heterocycles. The average molecular weight is 372 g/mol. The van der Waals surface area contributed by atoms with Gasteiger partial charge >= 0.3 is 0 Å². The Labute approximate surface area is 154 Å². The van der Waals surface area contributed by atoms with Gasteiger partial charge < -0.3 is 9.47 Å². The van der Waals surface area contributed by atoms with Crippen molar-refractivity contribution in [3.8, 4) is 22.8 Å². The van der Waals surface area contributed by atoms with Crippen molar-refractivity contribution in [3.05, 3.63) is 59.2 Å². The molecular formula is C19H17FN2O3S. The third-order valence-electron chi connectivity index (χ3n) is 3.57. The summed E-state index contributed by atoms with van der Waals surface area (Å²) in [6.07, 6.45) is 0. The highest BCUT2D eigenvalue weighted by molar-refractivity contribution is 7.14. The summed E-state index contributed by atoms with van der Waals surface area (Å²) in [6, 6.07) is 11.3. The lowest BCUT2D eigenvalue weighted by Gasteiger charge is -2.07. The van der Waals surface area contributed by atoms with Crippen molar-refractivity contribution in [2.45, 2.75) is 6.92 Å². The van der Waals surface area contributed by atoms with E-state index < -0.39 is 0 Å². The molecule has 5 nitrogen and oxygen atoms in total. The van der Waals surface area contributed by atoms with Crippen LogP contribution in [0.4, 0.5) is 9.52 Å². The lowest BCUT2D eigenvalue weighted by atomic mass is 10.1. The monoisotopic (exact) mass is 372 g/mol.